The van der Waals surface area contributed by atoms with Crippen LogP contribution in [0.4, 0.5) is 0 Å². The summed E-state index contributed by atoms with van der Waals surface area (Å²) in [6, 6.07) is 0. The molecule has 0 aromatic rings. The molecule has 0 aliphatic carbocycles. The maximum Gasteiger partial charge on any atom is 0.186 e. The molecule has 2 atom stereocenters. The van der Waals surface area contributed by atoms with Crippen molar-refractivity contribution in [2.45, 2.75) is 84.6 Å². The second-order valence-corrected chi connectivity index (χ2v) is 15.3. The molecule has 0 spiro atoms. The molecule has 0 saturated heterocycles. The van der Waals surface area contributed by atoms with E-state index >= 15 is 0 Å². The average molecular weight is 277 g/mol. The van der Waals surface area contributed by atoms with Gasteiger partial charge in [0.2, 0.25) is 0 Å². The Bertz CT molecular complexity index is 195. The van der Waals surface area contributed by atoms with Crippen molar-refractivity contribution in [3.63, 3.8) is 0 Å². The van der Waals surface area contributed by atoms with Gasteiger partial charge in [0.15, 0.2) is 16.6 Å². The molecule has 0 aliphatic heterocycles. The summed E-state index contributed by atoms with van der Waals surface area (Å²) in [4.78, 5) is 0. The van der Waals surface area contributed by atoms with E-state index in [0.29, 0.717) is 12.2 Å². The monoisotopic (exact) mass is 276 g/mol. The fourth-order valence-electron chi connectivity index (χ4n) is 2.36. The highest BCUT2D eigenvalue weighted by molar-refractivity contribution is 6.89. The van der Waals surface area contributed by atoms with Crippen molar-refractivity contribution in [2.24, 2.45) is 0 Å². The Morgan fingerprint density at radius 1 is 0.765 bits per heavy atom. The third kappa shape index (κ3) is 8.13. The van der Waals surface area contributed by atoms with Gasteiger partial charge in [-0.15, -0.1) is 0 Å². The van der Waals surface area contributed by atoms with Crippen molar-refractivity contribution in [3.8, 4) is 0 Å². The molecule has 17 heavy (non-hydrogen) atoms. The van der Waals surface area contributed by atoms with E-state index in [2.05, 4.69) is 53.9 Å². The van der Waals surface area contributed by atoms with E-state index in [0.717, 1.165) is 12.8 Å². The largest absolute Gasteiger partial charge is 0.415 e. The van der Waals surface area contributed by atoms with Crippen LogP contribution in [0.5, 0.6) is 0 Å². The van der Waals surface area contributed by atoms with E-state index in [1.54, 1.807) is 0 Å². The van der Waals surface area contributed by atoms with Gasteiger partial charge in [-0.1, -0.05) is 13.8 Å². The molecule has 0 rings (SSSR count). The Kier molecular flexibility index (Phi) is 7.22. The lowest BCUT2D eigenvalue weighted by atomic mass is 10.3. The highest BCUT2D eigenvalue weighted by Gasteiger charge is 2.36. The normalized spacial score (nSPS) is 16.9. The molecule has 104 valence electrons. The minimum atomic E-state index is -1.57. The Hall–Kier alpha value is 0.354. The average Bonchev–Trinajstić information content (AvgIpc) is 2.13. The van der Waals surface area contributed by atoms with Crippen molar-refractivity contribution >= 4 is 16.6 Å². The first-order valence-electron chi connectivity index (χ1n) is 6.97. The van der Waals surface area contributed by atoms with Crippen LogP contribution < -0.4 is 0 Å². The van der Waals surface area contributed by atoms with Crippen molar-refractivity contribution in [1.82, 2.24) is 0 Å². The molecule has 0 aromatic heterocycles. The topological polar surface area (TPSA) is 18.5 Å². The zero-order chi connectivity index (χ0) is 13.7. The zero-order valence-electron chi connectivity index (χ0n) is 13.1. The summed E-state index contributed by atoms with van der Waals surface area (Å²) in [6.07, 6.45) is 2.99. The lowest BCUT2D eigenvalue weighted by Gasteiger charge is -2.35. The molecule has 0 bridgehead atoms. The molecule has 2 unspecified atom stereocenters. The Morgan fingerprint density at radius 3 is 1.29 bits per heavy atom. The number of hydrogen-bond acceptors (Lipinski definition) is 2. The van der Waals surface area contributed by atoms with Crippen LogP contribution in [-0.2, 0) is 8.85 Å². The van der Waals surface area contributed by atoms with Crippen molar-refractivity contribution in [1.29, 1.82) is 0 Å². The Morgan fingerprint density at radius 2 is 1.06 bits per heavy atom. The van der Waals surface area contributed by atoms with Gasteiger partial charge < -0.3 is 8.85 Å². The Labute approximate surface area is 110 Å². The highest BCUT2D eigenvalue weighted by Crippen LogP contribution is 2.25. The predicted octanol–water partition coefficient (Wildman–Crippen LogP) is 4.57. The van der Waals surface area contributed by atoms with Gasteiger partial charge in [-0.05, 0) is 58.5 Å². The van der Waals surface area contributed by atoms with Crippen molar-refractivity contribution in [2.75, 3.05) is 0 Å². The second kappa shape index (κ2) is 7.07. The first-order chi connectivity index (χ1) is 7.62. The van der Waals surface area contributed by atoms with E-state index < -0.39 is 16.6 Å². The van der Waals surface area contributed by atoms with E-state index in [-0.39, 0.29) is 0 Å². The maximum absolute atomic E-state index is 6.23. The summed E-state index contributed by atoms with van der Waals surface area (Å²) in [7, 11) is -3.13. The summed E-state index contributed by atoms with van der Waals surface area (Å²) < 4.78 is 12.5. The molecular weight excluding hydrogens is 244 g/mol. The molecule has 0 heterocycles. The van der Waals surface area contributed by atoms with Crippen LogP contribution in [0.15, 0.2) is 0 Å². The Balaban J connectivity index is 4.36. The smallest absolute Gasteiger partial charge is 0.186 e. The third-order valence-corrected chi connectivity index (χ3v) is 11.9. The van der Waals surface area contributed by atoms with E-state index in [9.17, 15) is 0 Å². The van der Waals surface area contributed by atoms with E-state index in [1.165, 1.54) is 5.67 Å². The van der Waals surface area contributed by atoms with E-state index in [1.807, 2.05) is 0 Å². The quantitative estimate of drug-likeness (QED) is 0.605. The van der Waals surface area contributed by atoms with Crippen LogP contribution in [-0.4, -0.2) is 28.8 Å². The van der Waals surface area contributed by atoms with Gasteiger partial charge in [0.25, 0.3) is 0 Å². The van der Waals surface area contributed by atoms with Crippen molar-refractivity contribution < 1.29 is 8.85 Å². The third-order valence-electron chi connectivity index (χ3n) is 3.04. The van der Waals surface area contributed by atoms with Gasteiger partial charge in [-0.25, -0.2) is 0 Å². The predicted molar refractivity (Wildman–Crippen MR) is 81.4 cm³/mol. The van der Waals surface area contributed by atoms with Crippen molar-refractivity contribution in [3.05, 3.63) is 0 Å². The van der Waals surface area contributed by atoms with Crippen LogP contribution in [0.1, 0.15) is 40.5 Å². The maximum atomic E-state index is 6.23. The van der Waals surface area contributed by atoms with Gasteiger partial charge in [-0.3, -0.25) is 0 Å². The minimum absolute atomic E-state index is 0.394. The zero-order valence-corrected chi connectivity index (χ0v) is 15.1. The van der Waals surface area contributed by atoms with Crippen LogP contribution in [0.3, 0.4) is 0 Å². The van der Waals surface area contributed by atoms with Gasteiger partial charge in [0, 0.05) is 12.2 Å². The SMILES string of the molecule is CCC(C)O[Si](C)(C)C[Si](C)(C)OC(C)CC. The van der Waals surface area contributed by atoms with Crippen LogP contribution in [0.2, 0.25) is 31.9 Å². The van der Waals surface area contributed by atoms with Gasteiger partial charge in [-0.2, -0.15) is 0 Å². The van der Waals surface area contributed by atoms with Crippen LogP contribution in [0.25, 0.3) is 0 Å². The lowest BCUT2D eigenvalue weighted by molar-refractivity contribution is 0.197. The molecular formula is C13H32O2Si2. The molecule has 0 aromatic carbocycles. The summed E-state index contributed by atoms with van der Waals surface area (Å²) in [5.41, 5.74) is 1.19. The van der Waals surface area contributed by atoms with Gasteiger partial charge in [0.05, 0.1) is 0 Å². The molecule has 2 nitrogen and oxygen atoms in total. The van der Waals surface area contributed by atoms with Crippen LogP contribution >= 0.6 is 0 Å². The standard InChI is InChI=1S/C13H32O2Si2/c1-9-12(3)14-16(5,6)11-17(7,8)15-13(4)10-2/h12-13H,9-11H2,1-8H3. The number of rotatable bonds is 8. The molecule has 0 aliphatic rings. The molecule has 0 amide bonds. The minimum Gasteiger partial charge on any atom is -0.415 e. The molecule has 0 saturated carbocycles. The molecule has 0 radical (unpaired) electrons. The molecule has 0 fully saturated rings. The lowest BCUT2D eigenvalue weighted by Crippen LogP contribution is -2.46. The highest BCUT2D eigenvalue weighted by atomic mass is 28.4. The molecule has 0 N–H and O–H groups in total. The summed E-state index contributed by atoms with van der Waals surface area (Å²) >= 11 is 0. The van der Waals surface area contributed by atoms with Crippen LogP contribution in [0, 0.1) is 0 Å². The summed E-state index contributed by atoms with van der Waals surface area (Å²) in [5.74, 6) is 0. The fourth-order valence-corrected chi connectivity index (χ4v) is 13.7. The van der Waals surface area contributed by atoms with Gasteiger partial charge in [0.1, 0.15) is 0 Å². The van der Waals surface area contributed by atoms with Gasteiger partial charge >= 0.3 is 0 Å². The number of hydrogen-bond donors (Lipinski definition) is 0. The first-order valence-corrected chi connectivity index (χ1v) is 13.2. The second-order valence-electron chi connectivity index (χ2n) is 6.37. The van der Waals surface area contributed by atoms with E-state index in [4.69, 9.17) is 8.85 Å². The fraction of sp³-hybridized carbons (Fsp3) is 1.00. The first kappa shape index (κ1) is 17.4. The summed E-state index contributed by atoms with van der Waals surface area (Å²) in [6.45, 7) is 18.0. The summed E-state index contributed by atoms with van der Waals surface area (Å²) in [5, 5.41) is 0. The molecule has 4 heteroatoms.